The first-order chi connectivity index (χ1) is 11.0. The smallest absolute Gasteiger partial charge is 0.340 e. The van der Waals surface area contributed by atoms with Gasteiger partial charge in [0.1, 0.15) is 5.71 Å². The molecule has 4 amide bonds. The highest BCUT2D eigenvalue weighted by Gasteiger charge is 2.49. The number of carbonyl (C=O) groups excluding carboxylic acids is 3. The summed E-state index contributed by atoms with van der Waals surface area (Å²) in [5, 5.41) is 1.43. The normalized spacial score (nSPS) is 20.3. The van der Waals surface area contributed by atoms with Gasteiger partial charge in [-0.15, -0.1) is 11.8 Å². The number of urea groups is 1. The molecule has 23 heavy (non-hydrogen) atoms. The van der Waals surface area contributed by atoms with Crippen LogP contribution in [0.3, 0.4) is 0 Å². The van der Waals surface area contributed by atoms with E-state index in [1.807, 2.05) is 26.2 Å². The maximum Gasteiger partial charge on any atom is 0.501 e. The van der Waals surface area contributed by atoms with Crippen LogP contribution in [0.25, 0.3) is 0 Å². The van der Waals surface area contributed by atoms with Gasteiger partial charge in [0.05, 0.1) is 6.54 Å². The molecule has 0 saturated heterocycles. The van der Waals surface area contributed by atoms with Crippen molar-refractivity contribution in [2.24, 2.45) is 0 Å². The summed E-state index contributed by atoms with van der Waals surface area (Å²) in [6.45, 7) is 7.47. The second kappa shape index (κ2) is 7.77. The van der Waals surface area contributed by atoms with E-state index in [2.05, 4.69) is 0 Å². The number of fused-ring (bicyclic) bond motifs is 1. The third kappa shape index (κ3) is 3.49. The van der Waals surface area contributed by atoms with Crippen LogP contribution in [0.1, 0.15) is 33.6 Å². The summed E-state index contributed by atoms with van der Waals surface area (Å²) < 4.78 is 1.47. The van der Waals surface area contributed by atoms with Gasteiger partial charge in [-0.1, -0.05) is 13.3 Å². The van der Waals surface area contributed by atoms with E-state index in [0.717, 1.165) is 12.8 Å². The summed E-state index contributed by atoms with van der Waals surface area (Å²) >= 11 is 1.40. The second-order valence-electron chi connectivity index (χ2n) is 5.52. The van der Waals surface area contributed by atoms with Gasteiger partial charge in [-0.05, 0) is 31.8 Å². The highest BCUT2D eigenvalue weighted by atomic mass is 32.2. The molecule has 0 aromatic carbocycles. The lowest BCUT2D eigenvalue weighted by Crippen LogP contribution is -2.57. The Morgan fingerprint density at radius 3 is 2.61 bits per heavy atom. The van der Waals surface area contributed by atoms with Gasteiger partial charge in [0.25, 0.3) is 5.91 Å². The number of imide groups is 1. The van der Waals surface area contributed by atoms with Crippen molar-refractivity contribution in [2.75, 3.05) is 26.2 Å². The first kappa shape index (κ1) is 17.7. The Hall–Kier alpha value is -1.63. The molecule has 0 saturated carbocycles. The molecule has 0 aliphatic carbocycles. The van der Waals surface area contributed by atoms with Crippen molar-refractivity contribution in [2.45, 2.75) is 38.9 Å². The molecule has 1 atom stereocenters. The summed E-state index contributed by atoms with van der Waals surface area (Å²) in [7, 11) is 0. The molecule has 6 nitrogen and oxygen atoms in total. The number of carbonyl (C=O) groups is 3. The van der Waals surface area contributed by atoms with Crippen LogP contribution < -0.4 is 0 Å². The minimum atomic E-state index is -0.394. The van der Waals surface area contributed by atoms with Crippen LogP contribution in [0.15, 0.2) is 11.5 Å². The van der Waals surface area contributed by atoms with Crippen LogP contribution in [0.5, 0.6) is 0 Å². The lowest BCUT2D eigenvalue weighted by molar-refractivity contribution is -0.428. The molecule has 0 fully saturated rings. The molecular weight excluding hydrogens is 314 g/mol. The van der Waals surface area contributed by atoms with Gasteiger partial charge in [-0.2, -0.15) is 14.3 Å². The zero-order valence-electron chi connectivity index (χ0n) is 13.9. The molecular formula is C16H24N3O3S+. The lowest BCUT2D eigenvalue weighted by atomic mass is 10.1. The molecule has 0 radical (unpaired) electrons. The third-order valence-corrected chi connectivity index (χ3v) is 5.14. The number of thioether (sulfide) groups is 1. The standard InChI is InChI=1S/C16H24N3O3S/c1-4-7-9-18-15(21)14-12(8-10-23-14)19(16(18)22)11-13(20)17(5-2)6-3/h8,10,14H,4-7,9,11H2,1-3H3/q+1. The van der Waals surface area contributed by atoms with Gasteiger partial charge in [-0.3, -0.25) is 4.79 Å². The number of allylic oxidation sites excluding steroid dienone is 1. The topological polar surface area (TPSA) is 60.7 Å². The Balaban J connectivity index is 2.28. The molecule has 0 aromatic heterocycles. The van der Waals surface area contributed by atoms with Crippen LogP contribution in [0.2, 0.25) is 0 Å². The van der Waals surface area contributed by atoms with Crippen LogP contribution in [0.4, 0.5) is 4.79 Å². The van der Waals surface area contributed by atoms with Crippen molar-refractivity contribution in [1.82, 2.24) is 9.80 Å². The first-order valence-corrected chi connectivity index (χ1v) is 9.08. The molecule has 2 aliphatic heterocycles. The van der Waals surface area contributed by atoms with Crippen molar-refractivity contribution in [3.05, 3.63) is 11.5 Å². The molecule has 2 rings (SSSR count). The number of likely N-dealkylation sites (N-methyl/N-ethyl adjacent to an activating group) is 1. The molecule has 0 bridgehead atoms. The number of nitrogens with zero attached hydrogens (tertiary/aromatic N) is 3. The fourth-order valence-corrected chi connectivity index (χ4v) is 3.71. The summed E-state index contributed by atoms with van der Waals surface area (Å²) in [6, 6.07) is -0.373. The van der Waals surface area contributed by atoms with Gasteiger partial charge in [0, 0.05) is 13.1 Å². The lowest BCUT2D eigenvalue weighted by Gasteiger charge is -2.25. The van der Waals surface area contributed by atoms with E-state index in [1.165, 1.54) is 21.2 Å². The second-order valence-corrected chi connectivity index (χ2v) is 6.54. The van der Waals surface area contributed by atoms with Crippen molar-refractivity contribution in [1.29, 1.82) is 0 Å². The van der Waals surface area contributed by atoms with E-state index in [1.54, 1.807) is 11.0 Å². The summed E-state index contributed by atoms with van der Waals surface area (Å²) in [5.74, 6) is -0.260. The summed E-state index contributed by atoms with van der Waals surface area (Å²) in [5.41, 5.74) is 0.637. The van der Waals surface area contributed by atoms with Crippen molar-refractivity contribution >= 4 is 35.3 Å². The number of hydrogen-bond donors (Lipinski definition) is 0. The van der Waals surface area contributed by atoms with E-state index in [9.17, 15) is 14.4 Å². The SMILES string of the molecule is CCCCN1C(=O)C2SC=CC2=[N+](CC(=O)N(CC)CC)C1=O. The fourth-order valence-electron chi connectivity index (χ4n) is 2.75. The van der Waals surface area contributed by atoms with Gasteiger partial charge < -0.3 is 4.90 Å². The minimum Gasteiger partial charge on any atom is -0.340 e. The molecule has 0 N–H and O–H groups in total. The number of rotatable bonds is 7. The number of hydrogen-bond acceptors (Lipinski definition) is 4. The zero-order chi connectivity index (χ0) is 17.0. The van der Waals surface area contributed by atoms with E-state index >= 15 is 0 Å². The fraction of sp³-hybridized carbons (Fsp3) is 0.625. The minimum absolute atomic E-state index is 0.00679. The van der Waals surface area contributed by atoms with Crippen LogP contribution >= 0.6 is 11.8 Å². The Labute approximate surface area is 141 Å². The van der Waals surface area contributed by atoms with Crippen LogP contribution in [0, 0.1) is 0 Å². The third-order valence-electron chi connectivity index (χ3n) is 4.13. The molecule has 2 aliphatic rings. The Bertz CT molecular complexity index is 567. The zero-order valence-corrected chi connectivity index (χ0v) is 14.8. The largest absolute Gasteiger partial charge is 0.501 e. The molecule has 0 spiro atoms. The average molecular weight is 338 g/mol. The molecule has 2 heterocycles. The van der Waals surface area contributed by atoms with E-state index in [0.29, 0.717) is 25.3 Å². The van der Waals surface area contributed by atoms with E-state index < -0.39 is 5.25 Å². The van der Waals surface area contributed by atoms with E-state index in [-0.39, 0.29) is 24.4 Å². The Morgan fingerprint density at radius 2 is 2.00 bits per heavy atom. The summed E-state index contributed by atoms with van der Waals surface area (Å²) in [4.78, 5) is 40.6. The Morgan fingerprint density at radius 1 is 1.30 bits per heavy atom. The molecule has 1 unspecified atom stereocenters. The molecule has 7 heteroatoms. The predicted octanol–water partition coefficient (Wildman–Crippen LogP) is 1.70. The maximum absolute atomic E-state index is 12.7. The van der Waals surface area contributed by atoms with Crippen molar-refractivity contribution in [3.63, 3.8) is 0 Å². The van der Waals surface area contributed by atoms with Gasteiger partial charge >= 0.3 is 11.9 Å². The highest BCUT2D eigenvalue weighted by molar-refractivity contribution is 8.04. The van der Waals surface area contributed by atoms with Crippen molar-refractivity contribution < 1.29 is 19.0 Å². The highest BCUT2D eigenvalue weighted by Crippen LogP contribution is 2.28. The molecule has 126 valence electrons. The Kier molecular flexibility index (Phi) is 5.98. The van der Waals surface area contributed by atoms with E-state index in [4.69, 9.17) is 0 Å². The number of amides is 4. The average Bonchev–Trinajstić information content (AvgIpc) is 3.02. The van der Waals surface area contributed by atoms with Crippen LogP contribution in [-0.2, 0) is 9.59 Å². The van der Waals surface area contributed by atoms with Gasteiger partial charge in [0.2, 0.25) is 0 Å². The predicted molar refractivity (Wildman–Crippen MR) is 90.6 cm³/mol. The summed E-state index contributed by atoms with van der Waals surface area (Å²) in [6.07, 6.45) is 3.45. The number of unbranched alkanes of at least 4 members (excludes halogenated alkanes) is 1. The monoisotopic (exact) mass is 338 g/mol. The van der Waals surface area contributed by atoms with Gasteiger partial charge in [0.15, 0.2) is 11.8 Å². The first-order valence-electron chi connectivity index (χ1n) is 8.14. The van der Waals surface area contributed by atoms with Gasteiger partial charge in [-0.25, -0.2) is 4.79 Å². The maximum atomic E-state index is 12.7. The quantitative estimate of drug-likeness (QED) is 0.663. The van der Waals surface area contributed by atoms with Crippen molar-refractivity contribution in [3.8, 4) is 0 Å². The molecule has 0 aromatic rings. The van der Waals surface area contributed by atoms with Crippen LogP contribution in [-0.4, -0.2) is 69.4 Å².